The van der Waals surface area contributed by atoms with Crippen LogP contribution in [0.15, 0.2) is 29.1 Å². The number of thiophene rings is 1. The van der Waals surface area contributed by atoms with Gasteiger partial charge in [0.15, 0.2) is 0 Å². The fourth-order valence-corrected chi connectivity index (χ4v) is 4.92. The Morgan fingerprint density at radius 1 is 1.28 bits per heavy atom. The first kappa shape index (κ1) is 16.6. The molecule has 0 radical (unpaired) electrons. The van der Waals surface area contributed by atoms with Crippen molar-refractivity contribution in [3.63, 3.8) is 0 Å². The molecule has 1 aliphatic rings. The minimum Gasteiger partial charge on any atom is -0.325 e. The van der Waals surface area contributed by atoms with Gasteiger partial charge in [-0.2, -0.15) is 0 Å². The monoisotopic (exact) mass is 373 g/mol. The van der Waals surface area contributed by atoms with E-state index in [-0.39, 0.29) is 11.6 Å². The molecule has 0 spiro atoms. The van der Waals surface area contributed by atoms with Crippen molar-refractivity contribution < 1.29 is 0 Å². The second-order valence-corrected chi connectivity index (χ2v) is 8.25. The molecule has 0 aliphatic heterocycles. The average molecular weight is 374 g/mol. The van der Waals surface area contributed by atoms with Crippen molar-refractivity contribution in [3.8, 4) is 0 Å². The Bertz CT molecular complexity index is 1010. The highest BCUT2D eigenvalue weighted by atomic mass is 35.5. The Labute approximate surface area is 155 Å². The van der Waals surface area contributed by atoms with Crippen molar-refractivity contribution in [2.75, 3.05) is 5.32 Å². The van der Waals surface area contributed by atoms with E-state index in [4.69, 9.17) is 16.6 Å². The summed E-state index contributed by atoms with van der Waals surface area (Å²) in [5.74, 6) is 0.577. The number of halogens is 1. The third-order valence-corrected chi connectivity index (χ3v) is 6.04. The molecule has 1 N–H and O–H groups in total. The van der Waals surface area contributed by atoms with Crippen LogP contribution in [0.25, 0.3) is 10.2 Å². The molecule has 130 valence electrons. The molecule has 2 heterocycles. The second-order valence-electron chi connectivity index (χ2n) is 6.73. The van der Waals surface area contributed by atoms with Crippen LogP contribution < -0.4 is 10.9 Å². The van der Waals surface area contributed by atoms with Crippen LogP contribution in [0.4, 0.5) is 11.6 Å². The third kappa shape index (κ3) is 2.96. The predicted octanol–water partition coefficient (Wildman–Crippen LogP) is 5.31. The van der Waals surface area contributed by atoms with E-state index in [1.54, 1.807) is 15.9 Å². The van der Waals surface area contributed by atoms with E-state index in [1.165, 1.54) is 16.9 Å². The van der Waals surface area contributed by atoms with Crippen LogP contribution in [-0.2, 0) is 12.8 Å². The van der Waals surface area contributed by atoms with Gasteiger partial charge in [-0.1, -0.05) is 17.7 Å². The van der Waals surface area contributed by atoms with Crippen molar-refractivity contribution in [2.45, 2.75) is 45.6 Å². The summed E-state index contributed by atoms with van der Waals surface area (Å²) in [5, 5.41) is 4.76. The smallest absolute Gasteiger partial charge is 0.264 e. The van der Waals surface area contributed by atoms with Crippen LogP contribution in [-0.4, -0.2) is 9.55 Å². The number of anilines is 2. The molecule has 0 unspecified atom stereocenters. The highest BCUT2D eigenvalue weighted by Crippen LogP contribution is 2.35. The topological polar surface area (TPSA) is 46.9 Å². The SMILES string of the molecule is CC(C)n1c(Nc2cccc(Cl)c2)nc2sc3c(c2c1=O)CCCC3. The zero-order chi connectivity index (χ0) is 17.6. The molecule has 1 aliphatic carbocycles. The maximum absolute atomic E-state index is 13.2. The maximum Gasteiger partial charge on any atom is 0.264 e. The summed E-state index contributed by atoms with van der Waals surface area (Å²) in [6, 6.07) is 7.48. The molecule has 0 saturated heterocycles. The molecule has 3 aromatic rings. The van der Waals surface area contributed by atoms with Gasteiger partial charge in [-0.25, -0.2) is 4.98 Å². The molecule has 6 heteroatoms. The number of aryl methyl sites for hydroxylation is 2. The fraction of sp³-hybridized carbons (Fsp3) is 0.368. The Hall–Kier alpha value is -1.85. The van der Waals surface area contributed by atoms with E-state index in [0.717, 1.165) is 35.2 Å². The summed E-state index contributed by atoms with van der Waals surface area (Å²) in [5.41, 5.74) is 2.12. The summed E-state index contributed by atoms with van der Waals surface area (Å²) in [6.45, 7) is 4.02. The minimum atomic E-state index is 0.0187. The van der Waals surface area contributed by atoms with Crippen molar-refractivity contribution in [1.82, 2.24) is 9.55 Å². The molecule has 4 nitrogen and oxygen atoms in total. The lowest BCUT2D eigenvalue weighted by Crippen LogP contribution is -2.26. The number of hydrogen-bond acceptors (Lipinski definition) is 4. The summed E-state index contributed by atoms with van der Waals surface area (Å²) in [7, 11) is 0. The van der Waals surface area contributed by atoms with Crippen molar-refractivity contribution in [3.05, 3.63) is 50.1 Å². The van der Waals surface area contributed by atoms with Gasteiger partial charge in [0.05, 0.1) is 5.39 Å². The van der Waals surface area contributed by atoms with Gasteiger partial charge < -0.3 is 5.32 Å². The van der Waals surface area contributed by atoms with Crippen LogP contribution in [0.1, 0.15) is 43.2 Å². The first-order chi connectivity index (χ1) is 12.0. The van der Waals surface area contributed by atoms with E-state index < -0.39 is 0 Å². The van der Waals surface area contributed by atoms with E-state index in [9.17, 15) is 4.79 Å². The Balaban J connectivity index is 1.91. The summed E-state index contributed by atoms with van der Waals surface area (Å²) >= 11 is 7.75. The van der Waals surface area contributed by atoms with Crippen LogP contribution >= 0.6 is 22.9 Å². The molecule has 0 amide bonds. The number of nitrogens with zero attached hydrogens (tertiary/aromatic N) is 2. The Kier molecular flexibility index (Phi) is 4.29. The van der Waals surface area contributed by atoms with E-state index in [1.807, 2.05) is 38.1 Å². The summed E-state index contributed by atoms with van der Waals surface area (Å²) in [4.78, 5) is 20.2. The molecular formula is C19H20ClN3OS. The zero-order valence-electron chi connectivity index (χ0n) is 14.3. The summed E-state index contributed by atoms with van der Waals surface area (Å²) in [6.07, 6.45) is 4.41. The molecule has 2 aromatic heterocycles. The molecule has 1 aromatic carbocycles. The molecule has 4 rings (SSSR count). The third-order valence-electron chi connectivity index (χ3n) is 4.62. The molecule has 0 atom stereocenters. The van der Waals surface area contributed by atoms with Crippen molar-refractivity contribution in [2.24, 2.45) is 0 Å². The highest BCUT2D eigenvalue weighted by molar-refractivity contribution is 7.18. The molecule has 0 saturated carbocycles. The van der Waals surface area contributed by atoms with Gasteiger partial charge in [-0.3, -0.25) is 9.36 Å². The van der Waals surface area contributed by atoms with Crippen LogP contribution in [0.5, 0.6) is 0 Å². The van der Waals surface area contributed by atoms with Gasteiger partial charge in [0, 0.05) is 21.6 Å². The maximum atomic E-state index is 13.2. The molecule has 0 fully saturated rings. The average Bonchev–Trinajstić information content (AvgIpc) is 2.93. The van der Waals surface area contributed by atoms with Crippen molar-refractivity contribution in [1.29, 1.82) is 0 Å². The van der Waals surface area contributed by atoms with Crippen molar-refractivity contribution >= 4 is 44.8 Å². The number of nitrogens with one attached hydrogen (secondary N) is 1. The lowest BCUT2D eigenvalue weighted by atomic mass is 9.97. The Morgan fingerprint density at radius 3 is 2.84 bits per heavy atom. The zero-order valence-corrected chi connectivity index (χ0v) is 15.9. The van der Waals surface area contributed by atoms with Gasteiger partial charge in [0.1, 0.15) is 4.83 Å². The predicted molar refractivity (Wildman–Crippen MR) is 106 cm³/mol. The van der Waals surface area contributed by atoms with Gasteiger partial charge >= 0.3 is 0 Å². The molecule has 0 bridgehead atoms. The van der Waals surface area contributed by atoms with Gasteiger partial charge in [-0.05, 0) is 63.3 Å². The lowest BCUT2D eigenvalue weighted by molar-refractivity contribution is 0.582. The Morgan fingerprint density at radius 2 is 2.08 bits per heavy atom. The molecule has 25 heavy (non-hydrogen) atoms. The van der Waals surface area contributed by atoms with E-state index in [0.29, 0.717) is 11.0 Å². The number of rotatable bonds is 3. The standard InChI is InChI=1S/C19H20ClN3OS/c1-11(2)23-18(24)16-14-8-3-4-9-15(14)25-17(16)22-19(23)21-13-7-5-6-12(20)10-13/h5-7,10-11H,3-4,8-9H2,1-2H3,(H,21,22). The van der Waals surface area contributed by atoms with Crippen LogP contribution in [0, 0.1) is 0 Å². The fourth-order valence-electron chi connectivity index (χ4n) is 3.48. The number of fused-ring (bicyclic) bond motifs is 3. The highest BCUT2D eigenvalue weighted by Gasteiger charge is 2.23. The first-order valence-corrected chi connectivity index (χ1v) is 9.83. The quantitative estimate of drug-likeness (QED) is 0.676. The largest absolute Gasteiger partial charge is 0.325 e. The number of hydrogen-bond donors (Lipinski definition) is 1. The first-order valence-electron chi connectivity index (χ1n) is 8.64. The van der Waals surface area contributed by atoms with E-state index >= 15 is 0 Å². The normalized spacial score (nSPS) is 14.1. The van der Waals surface area contributed by atoms with E-state index in [2.05, 4.69) is 5.32 Å². The minimum absolute atomic E-state index is 0.0187. The van der Waals surface area contributed by atoms with Gasteiger partial charge in [0.25, 0.3) is 5.56 Å². The van der Waals surface area contributed by atoms with Gasteiger partial charge in [0.2, 0.25) is 5.95 Å². The summed E-state index contributed by atoms with van der Waals surface area (Å²) < 4.78 is 1.75. The second kappa shape index (κ2) is 6.46. The lowest BCUT2D eigenvalue weighted by Gasteiger charge is -2.17. The van der Waals surface area contributed by atoms with Crippen LogP contribution in [0.3, 0.4) is 0 Å². The van der Waals surface area contributed by atoms with Crippen LogP contribution in [0.2, 0.25) is 5.02 Å². The van der Waals surface area contributed by atoms with Gasteiger partial charge in [-0.15, -0.1) is 11.3 Å². The number of benzene rings is 1. The molecular weight excluding hydrogens is 354 g/mol. The number of aromatic nitrogens is 2.